The van der Waals surface area contributed by atoms with Crippen LogP contribution in [-0.2, 0) is 4.74 Å². The van der Waals surface area contributed by atoms with Gasteiger partial charge in [-0.1, -0.05) is 45.4 Å². The zero-order chi connectivity index (χ0) is 14.8. The van der Waals surface area contributed by atoms with Crippen molar-refractivity contribution in [2.45, 2.75) is 58.8 Å². The fourth-order valence-electron chi connectivity index (χ4n) is 2.11. The molecule has 20 heavy (non-hydrogen) atoms. The number of hydrogen-bond donors (Lipinski definition) is 1. The molecule has 0 aliphatic rings. The second-order valence-corrected chi connectivity index (χ2v) is 5.33. The first kappa shape index (κ1) is 16.5. The van der Waals surface area contributed by atoms with Crippen LogP contribution in [0.25, 0.3) is 0 Å². The Morgan fingerprint density at radius 3 is 2.40 bits per heavy atom. The smallest absolute Gasteiger partial charge is 0.338 e. The van der Waals surface area contributed by atoms with Crippen molar-refractivity contribution in [2.75, 3.05) is 12.3 Å². The molecular formula is C17H27NO2. The average Bonchev–Trinajstić information content (AvgIpc) is 2.44. The number of ether oxygens (including phenoxy) is 1. The first-order valence-electron chi connectivity index (χ1n) is 7.68. The second-order valence-electron chi connectivity index (χ2n) is 5.33. The Balaban J connectivity index is 2.15. The number of nitrogen functional groups attached to an aromatic ring is 1. The average molecular weight is 277 g/mol. The van der Waals surface area contributed by atoms with Gasteiger partial charge in [0.1, 0.15) is 0 Å². The molecule has 0 saturated carbocycles. The molecule has 0 fully saturated rings. The zero-order valence-electron chi connectivity index (χ0n) is 12.8. The van der Waals surface area contributed by atoms with E-state index in [1.54, 1.807) is 18.2 Å². The predicted molar refractivity (Wildman–Crippen MR) is 83.9 cm³/mol. The third kappa shape index (κ3) is 6.09. The van der Waals surface area contributed by atoms with Crippen molar-refractivity contribution in [1.29, 1.82) is 0 Å². The van der Waals surface area contributed by atoms with E-state index >= 15 is 0 Å². The van der Waals surface area contributed by atoms with Crippen molar-refractivity contribution in [3.8, 4) is 0 Å². The Hall–Kier alpha value is -1.51. The quantitative estimate of drug-likeness (QED) is 0.411. The molecule has 1 aromatic rings. The number of anilines is 1. The van der Waals surface area contributed by atoms with Crippen LogP contribution >= 0.6 is 0 Å². The van der Waals surface area contributed by atoms with Crippen molar-refractivity contribution in [3.63, 3.8) is 0 Å². The van der Waals surface area contributed by atoms with E-state index in [0.717, 1.165) is 18.4 Å². The van der Waals surface area contributed by atoms with E-state index in [9.17, 15) is 4.79 Å². The highest BCUT2D eigenvalue weighted by Crippen LogP contribution is 2.14. The van der Waals surface area contributed by atoms with Crippen LogP contribution in [-0.4, -0.2) is 12.6 Å². The first-order valence-corrected chi connectivity index (χ1v) is 7.68. The van der Waals surface area contributed by atoms with E-state index in [0.29, 0.717) is 17.9 Å². The highest BCUT2D eigenvalue weighted by Gasteiger charge is 2.07. The zero-order valence-corrected chi connectivity index (χ0v) is 12.8. The summed E-state index contributed by atoms with van der Waals surface area (Å²) in [5.41, 5.74) is 7.92. The summed E-state index contributed by atoms with van der Waals surface area (Å²) in [6.07, 6.45) is 8.53. The molecule has 1 aromatic carbocycles. The fraction of sp³-hybridized carbons (Fsp3) is 0.588. The molecule has 0 aliphatic heterocycles. The van der Waals surface area contributed by atoms with Crippen LogP contribution in [0.5, 0.6) is 0 Å². The number of carbonyl (C=O) groups excluding carboxylic acids is 1. The van der Waals surface area contributed by atoms with Gasteiger partial charge in [0.15, 0.2) is 0 Å². The minimum absolute atomic E-state index is 0.251. The van der Waals surface area contributed by atoms with Crippen molar-refractivity contribution in [1.82, 2.24) is 0 Å². The molecule has 0 amide bonds. The van der Waals surface area contributed by atoms with Crippen molar-refractivity contribution in [2.24, 2.45) is 0 Å². The molecule has 0 unspecified atom stereocenters. The summed E-state index contributed by atoms with van der Waals surface area (Å²) in [5.74, 6) is -0.251. The minimum Gasteiger partial charge on any atom is -0.462 e. The Kier molecular flexibility index (Phi) is 7.78. The van der Waals surface area contributed by atoms with E-state index in [1.807, 2.05) is 6.92 Å². The molecule has 112 valence electrons. The molecule has 0 aromatic heterocycles. The maximum atomic E-state index is 11.8. The topological polar surface area (TPSA) is 52.3 Å². The molecule has 0 spiro atoms. The highest BCUT2D eigenvalue weighted by atomic mass is 16.5. The number of rotatable bonds is 9. The molecule has 0 aliphatic carbocycles. The number of esters is 1. The van der Waals surface area contributed by atoms with E-state index in [1.165, 1.54) is 32.1 Å². The standard InChI is InChI=1S/C17H27NO2/c1-3-4-5-6-7-8-9-12-20-17(19)15-10-11-16(18)14(2)13-15/h10-11,13H,3-9,12,18H2,1-2H3. The van der Waals surface area contributed by atoms with Crippen LogP contribution in [0.3, 0.4) is 0 Å². The molecule has 1 rings (SSSR count). The highest BCUT2D eigenvalue weighted by molar-refractivity contribution is 5.90. The summed E-state index contributed by atoms with van der Waals surface area (Å²) < 4.78 is 5.27. The van der Waals surface area contributed by atoms with Crippen molar-refractivity contribution < 1.29 is 9.53 Å². The third-order valence-electron chi connectivity index (χ3n) is 3.49. The van der Waals surface area contributed by atoms with Crippen LogP contribution in [0.4, 0.5) is 5.69 Å². The molecule has 2 N–H and O–H groups in total. The summed E-state index contributed by atoms with van der Waals surface area (Å²) in [7, 11) is 0. The predicted octanol–water partition coefficient (Wildman–Crippen LogP) is 4.48. The van der Waals surface area contributed by atoms with Crippen molar-refractivity contribution >= 4 is 11.7 Å². The number of hydrogen-bond acceptors (Lipinski definition) is 3. The van der Waals surface area contributed by atoms with Crippen LogP contribution in [0.15, 0.2) is 18.2 Å². The first-order chi connectivity index (χ1) is 9.65. The summed E-state index contributed by atoms with van der Waals surface area (Å²) in [4.78, 5) is 11.8. The largest absolute Gasteiger partial charge is 0.462 e. The Morgan fingerprint density at radius 1 is 1.10 bits per heavy atom. The van der Waals surface area contributed by atoms with E-state index in [2.05, 4.69) is 6.92 Å². The lowest BCUT2D eigenvalue weighted by molar-refractivity contribution is 0.0497. The van der Waals surface area contributed by atoms with E-state index in [4.69, 9.17) is 10.5 Å². The number of unbranched alkanes of at least 4 members (excludes halogenated alkanes) is 6. The second kappa shape index (κ2) is 9.40. The summed E-state index contributed by atoms with van der Waals surface area (Å²) in [6.45, 7) is 4.62. The molecule has 3 nitrogen and oxygen atoms in total. The van der Waals surface area contributed by atoms with Gasteiger partial charge in [-0.3, -0.25) is 0 Å². The monoisotopic (exact) mass is 277 g/mol. The number of benzene rings is 1. The Labute approximate surface area is 122 Å². The lowest BCUT2D eigenvalue weighted by Gasteiger charge is -2.06. The Morgan fingerprint density at radius 2 is 1.75 bits per heavy atom. The number of nitrogens with two attached hydrogens (primary N) is 1. The molecule has 0 heterocycles. The maximum Gasteiger partial charge on any atom is 0.338 e. The molecule has 0 saturated heterocycles. The van der Waals surface area contributed by atoms with Gasteiger partial charge in [-0.25, -0.2) is 4.79 Å². The third-order valence-corrected chi connectivity index (χ3v) is 3.49. The fourth-order valence-corrected chi connectivity index (χ4v) is 2.11. The summed E-state index contributed by atoms with van der Waals surface area (Å²) in [5, 5.41) is 0. The Bertz CT molecular complexity index is 415. The van der Waals surface area contributed by atoms with Crippen LogP contribution in [0.2, 0.25) is 0 Å². The van der Waals surface area contributed by atoms with E-state index in [-0.39, 0.29) is 5.97 Å². The maximum absolute atomic E-state index is 11.8. The van der Waals surface area contributed by atoms with Crippen molar-refractivity contribution in [3.05, 3.63) is 29.3 Å². The minimum atomic E-state index is -0.251. The number of carbonyl (C=O) groups is 1. The summed E-state index contributed by atoms with van der Waals surface area (Å²) >= 11 is 0. The van der Waals surface area contributed by atoms with Gasteiger partial charge in [-0.05, 0) is 37.1 Å². The van der Waals surface area contributed by atoms with Gasteiger partial charge in [-0.15, -0.1) is 0 Å². The molecule has 0 atom stereocenters. The van der Waals surface area contributed by atoms with Gasteiger partial charge in [0.25, 0.3) is 0 Å². The van der Waals surface area contributed by atoms with Gasteiger partial charge < -0.3 is 10.5 Å². The lowest BCUT2D eigenvalue weighted by atomic mass is 10.1. The van der Waals surface area contributed by atoms with E-state index < -0.39 is 0 Å². The van der Waals surface area contributed by atoms with Crippen LogP contribution < -0.4 is 5.73 Å². The molecule has 0 bridgehead atoms. The van der Waals surface area contributed by atoms with Gasteiger partial charge in [0.2, 0.25) is 0 Å². The van der Waals surface area contributed by atoms with Gasteiger partial charge in [-0.2, -0.15) is 0 Å². The van der Waals surface area contributed by atoms with Crippen LogP contribution in [0.1, 0.15) is 67.8 Å². The van der Waals surface area contributed by atoms with Gasteiger partial charge >= 0.3 is 5.97 Å². The molecule has 3 heteroatoms. The lowest BCUT2D eigenvalue weighted by Crippen LogP contribution is -2.07. The normalized spacial score (nSPS) is 10.5. The number of aryl methyl sites for hydroxylation is 1. The molecular weight excluding hydrogens is 250 g/mol. The van der Waals surface area contributed by atoms with Gasteiger partial charge in [0.05, 0.1) is 12.2 Å². The molecule has 0 radical (unpaired) electrons. The van der Waals surface area contributed by atoms with Crippen LogP contribution in [0, 0.1) is 6.92 Å². The SMILES string of the molecule is CCCCCCCCCOC(=O)c1ccc(N)c(C)c1. The van der Waals surface area contributed by atoms with Gasteiger partial charge in [0, 0.05) is 5.69 Å². The summed E-state index contributed by atoms with van der Waals surface area (Å²) in [6, 6.07) is 5.25.